The van der Waals surface area contributed by atoms with Crippen molar-refractivity contribution in [2.75, 3.05) is 6.61 Å². The topological polar surface area (TPSA) is 35.5 Å². The van der Waals surface area contributed by atoms with Crippen molar-refractivity contribution < 1.29 is 14.3 Å². The van der Waals surface area contributed by atoms with Gasteiger partial charge in [0.25, 0.3) is 0 Å². The van der Waals surface area contributed by atoms with E-state index >= 15 is 0 Å². The average Bonchev–Trinajstić information content (AvgIpc) is 2.79. The van der Waals surface area contributed by atoms with Gasteiger partial charge in [0, 0.05) is 0 Å². The third-order valence-corrected chi connectivity index (χ3v) is 5.56. The van der Waals surface area contributed by atoms with Gasteiger partial charge in [-0.2, -0.15) is 0 Å². The molecule has 0 N–H and O–H groups in total. The highest BCUT2D eigenvalue weighted by Gasteiger charge is 2.09. The van der Waals surface area contributed by atoms with E-state index in [-0.39, 0.29) is 5.97 Å². The second kappa shape index (κ2) is 15.5. The fraction of sp³-hybridized carbons (Fsp3) is 0.536. The molecule has 2 aromatic carbocycles. The highest BCUT2D eigenvalue weighted by Crippen LogP contribution is 2.18. The molecule has 0 unspecified atom stereocenters. The summed E-state index contributed by atoms with van der Waals surface area (Å²) in [4.78, 5) is 12.4. The highest BCUT2D eigenvalue weighted by molar-refractivity contribution is 5.91. The molecule has 2 rings (SSSR count). The molecule has 0 spiro atoms. The van der Waals surface area contributed by atoms with Crippen molar-refractivity contribution in [2.45, 2.75) is 90.9 Å². The van der Waals surface area contributed by atoms with Crippen molar-refractivity contribution in [3.63, 3.8) is 0 Å². The van der Waals surface area contributed by atoms with Gasteiger partial charge in [-0.05, 0) is 61.2 Å². The third-order valence-electron chi connectivity index (χ3n) is 5.56. The van der Waals surface area contributed by atoms with Gasteiger partial charge in [0.05, 0.1) is 12.2 Å². The normalized spacial score (nSPS) is 10.8. The van der Waals surface area contributed by atoms with E-state index in [2.05, 4.69) is 13.8 Å². The monoisotopic (exact) mass is 424 g/mol. The number of benzene rings is 2. The van der Waals surface area contributed by atoms with Crippen molar-refractivity contribution in [3.8, 4) is 11.5 Å². The second-order valence-electron chi connectivity index (χ2n) is 8.34. The summed E-state index contributed by atoms with van der Waals surface area (Å²) in [7, 11) is 0. The Morgan fingerprint density at radius 1 is 0.645 bits per heavy atom. The van der Waals surface area contributed by atoms with Crippen molar-refractivity contribution >= 4 is 5.97 Å². The summed E-state index contributed by atoms with van der Waals surface area (Å²) in [6, 6.07) is 15.1. The summed E-state index contributed by atoms with van der Waals surface area (Å²) in [5.74, 6) is 1.04. The van der Waals surface area contributed by atoms with Gasteiger partial charge in [-0.15, -0.1) is 0 Å². The summed E-state index contributed by atoms with van der Waals surface area (Å²) in [5, 5.41) is 0. The van der Waals surface area contributed by atoms with E-state index in [1.165, 1.54) is 69.8 Å². The maximum atomic E-state index is 12.4. The molecule has 0 radical (unpaired) electrons. The number of rotatable bonds is 16. The largest absolute Gasteiger partial charge is 0.494 e. The van der Waals surface area contributed by atoms with E-state index in [0.29, 0.717) is 11.3 Å². The number of carbonyl (C=O) groups is 1. The first-order chi connectivity index (χ1) is 15.2. The zero-order valence-corrected chi connectivity index (χ0v) is 19.5. The van der Waals surface area contributed by atoms with E-state index in [0.717, 1.165) is 25.2 Å². The lowest BCUT2D eigenvalue weighted by Crippen LogP contribution is -2.08. The Bertz CT molecular complexity index is 719. The van der Waals surface area contributed by atoms with Crippen LogP contribution in [0.5, 0.6) is 11.5 Å². The number of esters is 1. The van der Waals surface area contributed by atoms with E-state index in [1.54, 1.807) is 12.1 Å². The minimum atomic E-state index is -0.339. The van der Waals surface area contributed by atoms with Crippen molar-refractivity contribution in [1.29, 1.82) is 0 Å². The molecule has 0 bridgehead atoms. The summed E-state index contributed by atoms with van der Waals surface area (Å²) in [6.07, 6.45) is 15.0. The van der Waals surface area contributed by atoms with Crippen LogP contribution in [0.15, 0.2) is 48.5 Å². The van der Waals surface area contributed by atoms with Gasteiger partial charge in [0.2, 0.25) is 0 Å². The third kappa shape index (κ3) is 10.5. The lowest BCUT2D eigenvalue weighted by Gasteiger charge is -2.08. The number of hydrogen-bond donors (Lipinski definition) is 0. The molecular formula is C28H40O3. The van der Waals surface area contributed by atoms with Crippen LogP contribution in [0.25, 0.3) is 0 Å². The van der Waals surface area contributed by atoms with Gasteiger partial charge in [-0.25, -0.2) is 4.79 Å². The van der Waals surface area contributed by atoms with Crippen LogP contribution in [0, 0.1) is 0 Å². The van der Waals surface area contributed by atoms with Crippen LogP contribution in [0.1, 0.15) is 100 Å². The average molecular weight is 425 g/mol. The predicted octanol–water partition coefficient (Wildman–Crippen LogP) is 8.16. The smallest absolute Gasteiger partial charge is 0.343 e. The lowest BCUT2D eigenvalue weighted by molar-refractivity contribution is 0.0734. The van der Waals surface area contributed by atoms with E-state index in [9.17, 15) is 4.79 Å². The van der Waals surface area contributed by atoms with Crippen molar-refractivity contribution in [3.05, 3.63) is 59.7 Å². The first-order valence-corrected chi connectivity index (χ1v) is 12.3. The zero-order valence-electron chi connectivity index (χ0n) is 19.5. The molecule has 170 valence electrons. The zero-order chi connectivity index (χ0) is 22.2. The molecule has 3 heteroatoms. The standard InChI is InChI=1S/C28H40O3/c1-3-5-7-8-9-10-11-13-23-30-26-21-17-25(18-22-26)28(29)31-27-19-15-24(16-20-27)14-12-6-4-2/h15-22H,3-14,23H2,1-2H3. The van der Waals surface area contributed by atoms with Gasteiger partial charge in [-0.3, -0.25) is 0 Å². The fourth-order valence-corrected chi connectivity index (χ4v) is 3.58. The van der Waals surface area contributed by atoms with Gasteiger partial charge in [-0.1, -0.05) is 83.8 Å². The number of carbonyl (C=O) groups excluding carboxylic acids is 1. The van der Waals surface area contributed by atoms with Crippen LogP contribution >= 0.6 is 0 Å². The Labute approximate surface area is 189 Å². The quantitative estimate of drug-likeness (QED) is 0.155. The molecule has 0 aliphatic rings. The van der Waals surface area contributed by atoms with Crippen LogP contribution in [0.3, 0.4) is 0 Å². The maximum absolute atomic E-state index is 12.4. The van der Waals surface area contributed by atoms with E-state index < -0.39 is 0 Å². The number of aryl methyl sites for hydroxylation is 1. The second-order valence-corrected chi connectivity index (χ2v) is 8.34. The van der Waals surface area contributed by atoms with Gasteiger partial charge in [0.1, 0.15) is 11.5 Å². The van der Waals surface area contributed by atoms with Crippen LogP contribution in [0.4, 0.5) is 0 Å². The number of ether oxygens (including phenoxy) is 2. The molecule has 0 atom stereocenters. The number of hydrogen-bond acceptors (Lipinski definition) is 3. The summed E-state index contributed by atoms with van der Waals surface area (Å²) < 4.78 is 11.3. The minimum Gasteiger partial charge on any atom is -0.494 e. The molecule has 0 aromatic heterocycles. The molecule has 31 heavy (non-hydrogen) atoms. The van der Waals surface area contributed by atoms with Crippen molar-refractivity contribution in [1.82, 2.24) is 0 Å². The van der Waals surface area contributed by atoms with Gasteiger partial charge in [0.15, 0.2) is 0 Å². The minimum absolute atomic E-state index is 0.339. The Morgan fingerprint density at radius 2 is 1.19 bits per heavy atom. The van der Waals surface area contributed by atoms with Gasteiger partial charge >= 0.3 is 5.97 Å². The molecule has 2 aromatic rings. The molecule has 0 amide bonds. The molecular weight excluding hydrogens is 384 g/mol. The lowest BCUT2D eigenvalue weighted by atomic mass is 10.1. The molecule has 0 saturated carbocycles. The predicted molar refractivity (Wildman–Crippen MR) is 129 cm³/mol. The van der Waals surface area contributed by atoms with Crippen LogP contribution < -0.4 is 9.47 Å². The molecule has 0 saturated heterocycles. The first-order valence-electron chi connectivity index (χ1n) is 12.3. The molecule has 0 aliphatic carbocycles. The SMILES string of the molecule is CCCCCCCCCCOc1ccc(C(=O)Oc2ccc(CCCCC)cc2)cc1. The summed E-state index contributed by atoms with van der Waals surface area (Å²) in [5.41, 5.74) is 1.82. The Kier molecular flexibility index (Phi) is 12.5. The summed E-state index contributed by atoms with van der Waals surface area (Å²) in [6.45, 7) is 5.18. The number of unbranched alkanes of at least 4 members (excludes halogenated alkanes) is 9. The van der Waals surface area contributed by atoms with Crippen LogP contribution in [0.2, 0.25) is 0 Å². The van der Waals surface area contributed by atoms with Gasteiger partial charge < -0.3 is 9.47 Å². The molecule has 3 nitrogen and oxygen atoms in total. The maximum Gasteiger partial charge on any atom is 0.343 e. The molecule has 0 fully saturated rings. The molecule has 0 heterocycles. The van der Waals surface area contributed by atoms with Crippen LogP contribution in [-0.2, 0) is 6.42 Å². The van der Waals surface area contributed by atoms with E-state index in [4.69, 9.17) is 9.47 Å². The Hall–Kier alpha value is -2.29. The van der Waals surface area contributed by atoms with E-state index in [1.807, 2.05) is 36.4 Å². The summed E-state index contributed by atoms with van der Waals surface area (Å²) >= 11 is 0. The highest BCUT2D eigenvalue weighted by atomic mass is 16.5. The Morgan fingerprint density at radius 3 is 1.84 bits per heavy atom. The molecule has 0 aliphatic heterocycles. The fourth-order valence-electron chi connectivity index (χ4n) is 3.58. The van der Waals surface area contributed by atoms with Crippen molar-refractivity contribution in [2.24, 2.45) is 0 Å². The Balaban J connectivity index is 1.66. The van der Waals surface area contributed by atoms with Crippen LogP contribution in [-0.4, -0.2) is 12.6 Å². The first kappa shape index (κ1) is 25.0.